The van der Waals surface area contributed by atoms with Gasteiger partial charge in [0, 0.05) is 18.0 Å². The second-order valence-electron chi connectivity index (χ2n) is 8.51. The summed E-state index contributed by atoms with van der Waals surface area (Å²) in [6.07, 6.45) is 18.5. The van der Waals surface area contributed by atoms with Gasteiger partial charge in [0.2, 0.25) is 0 Å². The number of phenols is 1. The monoisotopic (exact) mass is 429 g/mol. The highest BCUT2D eigenvalue weighted by Gasteiger charge is 2.46. The average molecular weight is 430 g/mol. The number of hydrogen-bond donors (Lipinski definition) is 1. The van der Waals surface area contributed by atoms with Crippen LogP contribution in [0.5, 0.6) is 5.75 Å². The summed E-state index contributed by atoms with van der Waals surface area (Å²) in [7, 11) is 2.12. The number of rotatable bonds is 3. The Kier molecular flexibility index (Phi) is 6.47. The lowest BCUT2D eigenvalue weighted by molar-refractivity contribution is 0.217. The molecule has 0 aromatic heterocycles. The molecule has 146 valence electrons. The van der Waals surface area contributed by atoms with Crippen LogP contribution in [0, 0.1) is 5.92 Å². The number of phenolic OH excluding ortho intramolecular Hbond substituents is 1. The summed E-state index contributed by atoms with van der Waals surface area (Å²) < 4.78 is 0. The summed E-state index contributed by atoms with van der Waals surface area (Å²) in [4.78, 5) is 2.26. The van der Waals surface area contributed by atoms with Gasteiger partial charge in [-0.25, -0.2) is 0 Å². The molecule has 0 fully saturated rings. The van der Waals surface area contributed by atoms with Crippen molar-refractivity contribution in [2.24, 2.45) is 5.92 Å². The van der Waals surface area contributed by atoms with Crippen LogP contribution in [0.15, 0.2) is 66.9 Å². The van der Waals surface area contributed by atoms with Crippen LogP contribution in [0.1, 0.15) is 45.2 Å². The zero-order valence-corrected chi connectivity index (χ0v) is 18.7. The maximum Gasteiger partial charge on any atom is 0.119 e. The van der Waals surface area contributed by atoms with E-state index in [-0.39, 0.29) is 33.9 Å². The van der Waals surface area contributed by atoms with Crippen molar-refractivity contribution in [3.05, 3.63) is 78.1 Å². The van der Waals surface area contributed by atoms with Crippen molar-refractivity contribution in [2.45, 2.75) is 51.0 Å². The van der Waals surface area contributed by atoms with Gasteiger partial charge in [0.1, 0.15) is 5.75 Å². The molecule has 0 spiro atoms. The number of hydrogen-bond acceptors (Lipinski definition) is 2. The molecule has 0 saturated heterocycles. The molecule has 0 radical (unpaired) electrons. The Morgan fingerprint density at radius 2 is 1.78 bits per heavy atom. The van der Waals surface area contributed by atoms with Gasteiger partial charge >= 0.3 is 0 Å². The molecule has 3 unspecified atom stereocenters. The Bertz CT molecular complexity index is 784. The van der Waals surface area contributed by atoms with Gasteiger partial charge in [0.05, 0.1) is 6.04 Å². The van der Waals surface area contributed by atoms with Gasteiger partial charge in [0.15, 0.2) is 0 Å². The van der Waals surface area contributed by atoms with Crippen LogP contribution in [-0.2, 0) is 10.8 Å². The second-order valence-corrected chi connectivity index (χ2v) is 8.51. The largest absolute Gasteiger partial charge is 0.508 e. The van der Waals surface area contributed by atoms with E-state index in [1.54, 1.807) is 0 Å². The van der Waals surface area contributed by atoms with E-state index in [2.05, 4.69) is 101 Å². The Labute approximate surface area is 174 Å². The maximum atomic E-state index is 10.9. The van der Waals surface area contributed by atoms with Crippen LogP contribution in [-0.4, -0.2) is 23.1 Å². The number of benzene rings is 1. The third kappa shape index (κ3) is 3.80. The molecule has 1 N–H and O–H groups in total. The van der Waals surface area contributed by atoms with Gasteiger partial charge in [0.25, 0.3) is 0 Å². The third-order valence-corrected chi connectivity index (χ3v) is 5.86. The Hall–Kier alpha value is -1.74. The van der Waals surface area contributed by atoms with Gasteiger partial charge in [-0.1, -0.05) is 76.3 Å². The molecule has 3 rings (SSSR count). The highest BCUT2D eigenvalue weighted by Crippen LogP contribution is 2.48. The summed E-state index contributed by atoms with van der Waals surface area (Å²) in [5.74, 6) is 0.699. The van der Waals surface area contributed by atoms with E-state index in [0.717, 1.165) is 12.0 Å². The number of halogens is 1. The average Bonchev–Trinajstić information content (AvgIpc) is 2.61. The standard InChI is InChI=1S/C24H31NO.BrH/c1-6-18-11-7-9-15-24(18,22-12-8-10-16-25(22)5)20-17-19(23(2,3)4)13-14-21(20)26;/h7-18,22,26H,6H2,1-5H3;1H. The van der Waals surface area contributed by atoms with Crippen molar-refractivity contribution in [3.8, 4) is 5.75 Å². The molecule has 0 bridgehead atoms. The van der Waals surface area contributed by atoms with E-state index >= 15 is 0 Å². The highest BCUT2D eigenvalue weighted by atomic mass is 79.9. The van der Waals surface area contributed by atoms with E-state index in [1.165, 1.54) is 5.56 Å². The van der Waals surface area contributed by atoms with E-state index in [9.17, 15) is 5.11 Å². The zero-order chi connectivity index (χ0) is 18.9. The number of aromatic hydroxyl groups is 1. The molecule has 27 heavy (non-hydrogen) atoms. The molecule has 3 atom stereocenters. The SMILES string of the molecule is Br.CCC1C=CC=CC1(c1cc(C(C)(C)C)ccc1O)C1C=CC=CN1C. The topological polar surface area (TPSA) is 23.5 Å². The van der Waals surface area contributed by atoms with Gasteiger partial charge in [-0.3, -0.25) is 0 Å². The molecular formula is C24H32BrNO. The lowest BCUT2D eigenvalue weighted by Crippen LogP contribution is -2.50. The summed E-state index contributed by atoms with van der Waals surface area (Å²) in [6, 6.07) is 6.30. The molecule has 2 nitrogen and oxygen atoms in total. The lowest BCUT2D eigenvalue weighted by atomic mass is 9.61. The minimum absolute atomic E-state index is 0. The first kappa shape index (κ1) is 21.6. The molecule has 0 saturated carbocycles. The first-order valence-electron chi connectivity index (χ1n) is 9.57. The van der Waals surface area contributed by atoms with Gasteiger partial charge in [-0.05, 0) is 41.7 Å². The lowest BCUT2D eigenvalue weighted by Gasteiger charge is -2.48. The fourth-order valence-corrected chi connectivity index (χ4v) is 4.37. The van der Waals surface area contributed by atoms with Crippen molar-refractivity contribution in [1.29, 1.82) is 0 Å². The van der Waals surface area contributed by atoms with Crippen LogP contribution in [0.25, 0.3) is 0 Å². The normalized spacial score (nSPS) is 26.9. The smallest absolute Gasteiger partial charge is 0.119 e. The Morgan fingerprint density at radius 3 is 2.41 bits per heavy atom. The van der Waals surface area contributed by atoms with Crippen LogP contribution in [0.4, 0.5) is 0 Å². The van der Waals surface area contributed by atoms with Crippen molar-refractivity contribution in [3.63, 3.8) is 0 Å². The summed E-state index contributed by atoms with van der Waals surface area (Å²) >= 11 is 0. The molecule has 1 aromatic carbocycles. The number of likely N-dealkylation sites (N-methyl/N-ethyl adjacent to an activating group) is 1. The maximum absolute atomic E-state index is 10.9. The predicted octanol–water partition coefficient (Wildman–Crippen LogP) is 6.04. The second kappa shape index (κ2) is 8.10. The van der Waals surface area contributed by atoms with Gasteiger partial charge < -0.3 is 10.0 Å². The van der Waals surface area contributed by atoms with Crippen molar-refractivity contribution in [2.75, 3.05) is 7.05 Å². The quantitative estimate of drug-likeness (QED) is 0.632. The van der Waals surface area contributed by atoms with Crippen LogP contribution >= 0.6 is 17.0 Å². The van der Waals surface area contributed by atoms with Crippen LogP contribution in [0.3, 0.4) is 0 Å². The molecular weight excluding hydrogens is 398 g/mol. The van der Waals surface area contributed by atoms with Crippen molar-refractivity contribution < 1.29 is 5.11 Å². The molecule has 0 amide bonds. The summed E-state index contributed by atoms with van der Waals surface area (Å²) in [6.45, 7) is 8.90. The van der Waals surface area contributed by atoms with Gasteiger partial charge in [-0.2, -0.15) is 0 Å². The molecule has 1 heterocycles. The fourth-order valence-electron chi connectivity index (χ4n) is 4.37. The Balaban J connectivity index is 0.00000261. The first-order valence-corrected chi connectivity index (χ1v) is 9.57. The molecule has 1 aliphatic carbocycles. The summed E-state index contributed by atoms with van der Waals surface area (Å²) in [5, 5.41) is 10.9. The minimum Gasteiger partial charge on any atom is -0.508 e. The van der Waals surface area contributed by atoms with E-state index in [4.69, 9.17) is 0 Å². The molecule has 3 heteroatoms. The molecule has 1 aliphatic heterocycles. The molecule has 2 aliphatic rings. The predicted molar refractivity (Wildman–Crippen MR) is 121 cm³/mol. The van der Waals surface area contributed by atoms with Crippen LogP contribution in [0.2, 0.25) is 0 Å². The zero-order valence-electron chi connectivity index (χ0n) is 17.0. The minimum atomic E-state index is -0.301. The van der Waals surface area contributed by atoms with E-state index in [0.29, 0.717) is 11.7 Å². The van der Waals surface area contributed by atoms with E-state index < -0.39 is 0 Å². The summed E-state index contributed by atoms with van der Waals surface area (Å²) in [5.41, 5.74) is 2.01. The van der Waals surface area contributed by atoms with Gasteiger partial charge in [-0.15, -0.1) is 17.0 Å². The number of nitrogens with zero attached hydrogens (tertiary/aromatic N) is 1. The number of allylic oxidation sites excluding steroid dienone is 5. The third-order valence-electron chi connectivity index (χ3n) is 5.86. The van der Waals surface area contributed by atoms with Crippen LogP contribution < -0.4 is 0 Å². The van der Waals surface area contributed by atoms with Crippen molar-refractivity contribution >= 4 is 17.0 Å². The van der Waals surface area contributed by atoms with Crippen molar-refractivity contribution in [1.82, 2.24) is 4.90 Å². The highest BCUT2D eigenvalue weighted by molar-refractivity contribution is 8.93. The van der Waals surface area contributed by atoms with E-state index in [1.807, 2.05) is 6.07 Å². The fraction of sp³-hybridized carbons (Fsp3) is 0.417. The first-order chi connectivity index (χ1) is 12.3. The molecule has 1 aromatic rings. The Morgan fingerprint density at radius 1 is 1.07 bits per heavy atom.